The summed E-state index contributed by atoms with van der Waals surface area (Å²) >= 11 is 0. The zero-order chi connectivity index (χ0) is 25.6. The lowest BCUT2D eigenvalue weighted by Gasteiger charge is -2.48. The van der Waals surface area contributed by atoms with Crippen molar-refractivity contribution in [1.82, 2.24) is 9.97 Å². The van der Waals surface area contributed by atoms with Crippen molar-refractivity contribution in [2.24, 2.45) is 11.8 Å². The van der Waals surface area contributed by atoms with Gasteiger partial charge in [-0.25, -0.2) is 19.6 Å². The first-order chi connectivity index (χ1) is 17.3. The number of nitriles is 1. The molecule has 0 radical (unpaired) electrons. The normalized spacial score (nSPS) is 22.6. The monoisotopic (exact) mass is 479 g/mol. The molecule has 8 heteroatoms. The van der Waals surface area contributed by atoms with Gasteiger partial charge in [-0.2, -0.15) is 5.26 Å². The third-order valence-electron chi connectivity index (χ3n) is 7.32. The van der Waals surface area contributed by atoms with Gasteiger partial charge < -0.3 is 10.2 Å². The lowest BCUT2D eigenvalue weighted by Crippen LogP contribution is -2.48. The molecule has 0 fully saturated rings. The van der Waals surface area contributed by atoms with E-state index in [1.807, 2.05) is 19.1 Å². The molecule has 1 aromatic heterocycles. The van der Waals surface area contributed by atoms with Crippen molar-refractivity contribution in [3.63, 3.8) is 0 Å². The number of carboxylic acids is 2. The summed E-state index contributed by atoms with van der Waals surface area (Å²) < 4.78 is 0. The van der Waals surface area contributed by atoms with Crippen LogP contribution in [0.2, 0.25) is 0 Å². The van der Waals surface area contributed by atoms with Crippen molar-refractivity contribution >= 4 is 17.7 Å². The predicted molar refractivity (Wildman–Crippen MR) is 128 cm³/mol. The van der Waals surface area contributed by atoms with Crippen LogP contribution in [0, 0.1) is 23.2 Å². The number of rotatable bonds is 4. The molecule has 0 spiro atoms. The number of carbonyl (C=O) groups is 3. The molecule has 36 heavy (non-hydrogen) atoms. The highest BCUT2D eigenvalue weighted by Gasteiger charge is 2.53. The summed E-state index contributed by atoms with van der Waals surface area (Å²) in [6.45, 7) is 1.81. The number of hydrogen-bond donors (Lipinski definition) is 2. The van der Waals surface area contributed by atoms with Crippen LogP contribution < -0.4 is 0 Å². The van der Waals surface area contributed by atoms with Gasteiger partial charge >= 0.3 is 11.9 Å². The second-order valence-electron chi connectivity index (χ2n) is 9.17. The molecule has 3 atom stereocenters. The van der Waals surface area contributed by atoms with E-state index in [0.29, 0.717) is 35.5 Å². The van der Waals surface area contributed by atoms with Crippen LogP contribution in [-0.4, -0.2) is 37.9 Å². The second-order valence-corrected chi connectivity index (χ2v) is 9.17. The molecular weight excluding hydrogens is 458 g/mol. The Morgan fingerprint density at radius 2 is 1.81 bits per heavy atom. The van der Waals surface area contributed by atoms with Crippen LogP contribution in [0.5, 0.6) is 0 Å². The minimum Gasteiger partial charge on any atom is -0.478 e. The Bertz CT molecular complexity index is 1500. The van der Waals surface area contributed by atoms with Gasteiger partial charge in [0, 0.05) is 17.7 Å². The topological polar surface area (TPSA) is 141 Å². The number of nitrogens with zero attached hydrogens (tertiary/aromatic N) is 3. The number of ketones is 1. The van der Waals surface area contributed by atoms with E-state index < -0.39 is 23.3 Å². The maximum atomic E-state index is 13.0. The Hall–Kier alpha value is -4.64. The molecule has 0 saturated heterocycles. The average Bonchev–Trinajstić information content (AvgIpc) is 2.90. The number of aryl methyl sites for hydroxylation is 1. The van der Waals surface area contributed by atoms with Crippen LogP contribution in [-0.2, 0) is 16.6 Å². The molecule has 2 aliphatic carbocycles. The van der Waals surface area contributed by atoms with Crippen LogP contribution in [0.1, 0.15) is 50.9 Å². The minimum atomic E-state index is -1.08. The highest BCUT2D eigenvalue weighted by Crippen LogP contribution is 2.53. The number of aromatic carboxylic acids is 2. The van der Waals surface area contributed by atoms with Gasteiger partial charge in [0.15, 0.2) is 11.6 Å². The van der Waals surface area contributed by atoms with E-state index in [1.54, 1.807) is 36.5 Å². The summed E-state index contributed by atoms with van der Waals surface area (Å²) in [6, 6.07) is 14.8. The lowest BCUT2D eigenvalue weighted by atomic mass is 9.54. The fourth-order valence-corrected chi connectivity index (χ4v) is 5.54. The Labute approximate surface area is 206 Å². The number of Topliss-reactive ketones (excluding diaryl/α,β-unsaturated/α-hetero) is 1. The van der Waals surface area contributed by atoms with Crippen LogP contribution in [0.25, 0.3) is 11.4 Å². The number of carbonyl (C=O) groups excluding carboxylic acids is 1. The Kier molecular flexibility index (Phi) is 5.48. The molecule has 5 rings (SSSR count). The van der Waals surface area contributed by atoms with E-state index in [0.717, 1.165) is 5.56 Å². The van der Waals surface area contributed by atoms with Crippen molar-refractivity contribution in [3.8, 4) is 17.5 Å². The zero-order valence-corrected chi connectivity index (χ0v) is 19.3. The fourth-order valence-electron chi connectivity index (χ4n) is 5.54. The Morgan fingerprint density at radius 3 is 2.47 bits per heavy atom. The molecule has 1 heterocycles. The van der Waals surface area contributed by atoms with Gasteiger partial charge in [0.2, 0.25) is 0 Å². The SMILES string of the molecule is C[C@@H]1C(=O)C(C#N)=C[C@]2(c3cccc(C(=O)O)c3)c3nc(-c4ccc(C(=O)O)cc4)ncc3CC[C@@H]12. The molecule has 2 N–H and O–H groups in total. The number of fused-ring (bicyclic) bond motifs is 3. The van der Waals surface area contributed by atoms with Crippen molar-refractivity contribution in [1.29, 1.82) is 5.26 Å². The van der Waals surface area contributed by atoms with Gasteiger partial charge in [0.05, 0.1) is 27.8 Å². The second kappa shape index (κ2) is 8.54. The maximum absolute atomic E-state index is 13.0. The van der Waals surface area contributed by atoms with Crippen LogP contribution >= 0.6 is 0 Å². The van der Waals surface area contributed by atoms with Crippen LogP contribution in [0.15, 0.2) is 66.4 Å². The van der Waals surface area contributed by atoms with Crippen molar-refractivity contribution in [2.45, 2.75) is 25.2 Å². The Morgan fingerprint density at radius 1 is 1.08 bits per heavy atom. The van der Waals surface area contributed by atoms with E-state index in [-0.39, 0.29) is 28.4 Å². The summed E-state index contributed by atoms with van der Waals surface area (Å²) in [5.41, 5.74) is 2.00. The van der Waals surface area contributed by atoms with Gasteiger partial charge in [-0.1, -0.05) is 31.2 Å². The van der Waals surface area contributed by atoms with E-state index in [9.17, 15) is 29.9 Å². The molecule has 0 unspecified atom stereocenters. The number of hydrogen-bond acceptors (Lipinski definition) is 6. The van der Waals surface area contributed by atoms with Gasteiger partial charge in [-0.15, -0.1) is 0 Å². The molecule has 178 valence electrons. The predicted octanol–water partition coefficient (Wildman–Crippen LogP) is 4.06. The highest BCUT2D eigenvalue weighted by atomic mass is 16.4. The summed E-state index contributed by atoms with van der Waals surface area (Å²) in [5.74, 6) is -2.68. The quantitative estimate of drug-likeness (QED) is 0.571. The summed E-state index contributed by atoms with van der Waals surface area (Å²) in [6.07, 6.45) is 4.65. The summed E-state index contributed by atoms with van der Waals surface area (Å²) in [4.78, 5) is 45.5. The summed E-state index contributed by atoms with van der Waals surface area (Å²) in [5, 5.41) is 28.7. The number of carboxylic acid groups (broad SMARTS) is 2. The average molecular weight is 479 g/mol. The van der Waals surface area contributed by atoms with E-state index >= 15 is 0 Å². The molecule has 0 aliphatic heterocycles. The van der Waals surface area contributed by atoms with Gasteiger partial charge in [0.25, 0.3) is 0 Å². The first-order valence-corrected chi connectivity index (χ1v) is 11.5. The molecular formula is C28H21N3O5. The van der Waals surface area contributed by atoms with E-state index in [4.69, 9.17) is 4.98 Å². The zero-order valence-electron chi connectivity index (χ0n) is 19.3. The fraction of sp³-hybridized carbons (Fsp3) is 0.214. The van der Waals surface area contributed by atoms with Crippen molar-refractivity contribution < 1.29 is 24.6 Å². The number of benzene rings is 2. The van der Waals surface area contributed by atoms with Crippen molar-refractivity contribution in [2.75, 3.05) is 0 Å². The maximum Gasteiger partial charge on any atom is 0.335 e. The standard InChI is InChI=1S/C28H21N3O5/c1-15-22-10-9-19-14-30-25(16-5-7-17(8-6-16)26(33)34)31-24(19)28(22,12-20(13-29)23(15)32)21-4-2-3-18(11-21)27(35)36/h2-8,11-12,14-15,22H,9-10H2,1H3,(H,33,34)(H,35,36)/t15-,22-,28+/m0/s1. The molecule has 8 nitrogen and oxygen atoms in total. The smallest absolute Gasteiger partial charge is 0.335 e. The Balaban J connectivity index is 1.79. The van der Waals surface area contributed by atoms with Crippen LogP contribution in [0.4, 0.5) is 0 Å². The first-order valence-electron chi connectivity index (χ1n) is 11.5. The van der Waals surface area contributed by atoms with E-state index in [2.05, 4.69) is 4.98 Å². The number of allylic oxidation sites excluding steroid dienone is 2. The molecule has 0 bridgehead atoms. The van der Waals surface area contributed by atoms with Gasteiger partial charge in [0.1, 0.15) is 6.07 Å². The van der Waals surface area contributed by atoms with E-state index in [1.165, 1.54) is 18.2 Å². The lowest BCUT2D eigenvalue weighted by molar-refractivity contribution is -0.121. The van der Waals surface area contributed by atoms with Gasteiger partial charge in [-0.3, -0.25) is 4.79 Å². The van der Waals surface area contributed by atoms with Crippen molar-refractivity contribution in [3.05, 3.63) is 94.3 Å². The molecule has 0 amide bonds. The molecule has 0 saturated carbocycles. The minimum absolute atomic E-state index is 0.0262. The third-order valence-corrected chi connectivity index (χ3v) is 7.32. The molecule has 2 aromatic carbocycles. The first kappa shape index (κ1) is 23.1. The van der Waals surface area contributed by atoms with Gasteiger partial charge in [-0.05, 0) is 60.2 Å². The highest BCUT2D eigenvalue weighted by molar-refractivity contribution is 6.02. The number of aromatic nitrogens is 2. The summed E-state index contributed by atoms with van der Waals surface area (Å²) in [7, 11) is 0. The molecule has 3 aromatic rings. The third kappa shape index (κ3) is 3.48. The molecule has 2 aliphatic rings. The van der Waals surface area contributed by atoms with Crippen LogP contribution in [0.3, 0.4) is 0 Å². The largest absolute Gasteiger partial charge is 0.478 e.